The summed E-state index contributed by atoms with van der Waals surface area (Å²) in [6, 6.07) is 30.8. The highest BCUT2D eigenvalue weighted by Crippen LogP contribution is 2.38. The van der Waals surface area contributed by atoms with Crippen LogP contribution in [0.3, 0.4) is 0 Å². The molecule has 0 saturated heterocycles. The smallest absolute Gasteiger partial charge is 0.274 e. The lowest BCUT2D eigenvalue weighted by Crippen LogP contribution is -2.26. The third-order valence-electron chi connectivity index (χ3n) is 8.03. The molecule has 0 unspecified atom stereocenters. The Bertz CT molecular complexity index is 2320. The van der Waals surface area contributed by atoms with Crippen LogP contribution in [-0.4, -0.2) is 30.0 Å². The van der Waals surface area contributed by atoms with Gasteiger partial charge in [-0.15, -0.1) is 0 Å². The van der Waals surface area contributed by atoms with Crippen LogP contribution in [0.2, 0.25) is 0 Å². The molecule has 7 rings (SSSR count). The first-order valence-corrected chi connectivity index (χ1v) is 17.0. The summed E-state index contributed by atoms with van der Waals surface area (Å²) in [6.07, 6.45) is 1.76. The van der Waals surface area contributed by atoms with Gasteiger partial charge >= 0.3 is 0 Å². The Morgan fingerprint density at radius 3 is 2.38 bits per heavy atom. The van der Waals surface area contributed by atoms with Crippen molar-refractivity contribution in [3.05, 3.63) is 153 Å². The van der Waals surface area contributed by atoms with Gasteiger partial charge in [0.1, 0.15) is 11.8 Å². The van der Waals surface area contributed by atoms with Crippen molar-refractivity contribution in [2.75, 3.05) is 4.72 Å². The quantitative estimate of drug-likeness (QED) is 0.176. The van der Waals surface area contributed by atoms with Gasteiger partial charge in [-0.3, -0.25) is 14.3 Å². The van der Waals surface area contributed by atoms with Crippen molar-refractivity contribution in [1.82, 2.24) is 9.99 Å². The predicted molar refractivity (Wildman–Crippen MR) is 185 cm³/mol. The van der Waals surface area contributed by atoms with Gasteiger partial charge in [-0.1, -0.05) is 64.0 Å². The summed E-state index contributed by atoms with van der Waals surface area (Å²) in [5.41, 5.74) is 4.23. The first-order chi connectivity index (χ1) is 22.7. The number of amides is 1. The number of nitrogens with one attached hydrogen (secondary N) is 2. The summed E-state index contributed by atoms with van der Waals surface area (Å²) in [7, 11) is -3.82. The predicted octanol–water partition coefficient (Wildman–Crippen LogP) is 7.65. The molecule has 3 heterocycles. The Kier molecular flexibility index (Phi) is 7.86. The maximum absolute atomic E-state index is 14.0. The average Bonchev–Trinajstić information content (AvgIpc) is 3.76. The SMILES string of the molecule is Cc1ccc(S(=O)(=O)Nc2ccc(C(=O)N3N=C(c4c(-c5ccccc5)c5cc(Br)ccc5[nH]c4=O)C[C@H]3c3ccco3)cc2)cc1. The first-order valence-electron chi connectivity index (χ1n) is 14.7. The number of benzene rings is 4. The van der Waals surface area contributed by atoms with E-state index in [9.17, 15) is 18.0 Å². The fourth-order valence-electron chi connectivity index (χ4n) is 5.74. The molecule has 0 bridgehead atoms. The van der Waals surface area contributed by atoms with E-state index in [-0.39, 0.29) is 22.4 Å². The lowest BCUT2D eigenvalue weighted by atomic mass is 9.92. The number of hydrazone groups is 1. The van der Waals surface area contributed by atoms with Gasteiger partial charge in [0.2, 0.25) is 0 Å². The zero-order valence-corrected chi connectivity index (χ0v) is 27.4. The zero-order valence-electron chi connectivity index (χ0n) is 25.0. The lowest BCUT2D eigenvalue weighted by molar-refractivity contribution is 0.0693. The number of hydrogen-bond donors (Lipinski definition) is 2. The molecule has 0 radical (unpaired) electrons. The second-order valence-corrected chi connectivity index (χ2v) is 13.8. The fourth-order valence-corrected chi connectivity index (χ4v) is 7.16. The summed E-state index contributed by atoms with van der Waals surface area (Å²) in [5, 5.41) is 6.93. The van der Waals surface area contributed by atoms with Crippen molar-refractivity contribution in [2.24, 2.45) is 5.10 Å². The number of sulfonamides is 1. The van der Waals surface area contributed by atoms with Gasteiger partial charge in [0.05, 0.1) is 22.4 Å². The largest absolute Gasteiger partial charge is 0.467 e. The Morgan fingerprint density at radius 2 is 1.68 bits per heavy atom. The molecule has 4 aromatic carbocycles. The summed E-state index contributed by atoms with van der Waals surface area (Å²) < 4.78 is 34.9. The van der Waals surface area contributed by atoms with E-state index in [0.717, 1.165) is 21.0 Å². The average molecular weight is 708 g/mol. The molecular weight excluding hydrogens is 680 g/mol. The number of pyridine rings is 1. The molecule has 11 heteroatoms. The Morgan fingerprint density at radius 1 is 0.936 bits per heavy atom. The minimum atomic E-state index is -3.82. The van der Waals surface area contributed by atoms with Gasteiger partial charge in [-0.05, 0) is 79.2 Å². The van der Waals surface area contributed by atoms with Crippen LogP contribution in [0, 0.1) is 6.92 Å². The number of halogens is 1. The van der Waals surface area contributed by atoms with Crippen LogP contribution < -0.4 is 10.3 Å². The molecule has 234 valence electrons. The van der Waals surface area contributed by atoms with E-state index in [1.807, 2.05) is 55.5 Å². The molecular formula is C36H27BrN4O5S. The van der Waals surface area contributed by atoms with Crippen molar-refractivity contribution in [1.29, 1.82) is 0 Å². The highest BCUT2D eigenvalue weighted by atomic mass is 79.9. The molecule has 0 saturated carbocycles. The van der Waals surface area contributed by atoms with E-state index in [1.165, 1.54) is 47.7 Å². The maximum Gasteiger partial charge on any atom is 0.274 e. The second kappa shape index (κ2) is 12.2. The van der Waals surface area contributed by atoms with E-state index in [1.54, 1.807) is 24.3 Å². The normalized spacial score (nSPS) is 14.7. The molecule has 0 fully saturated rings. The number of aryl methyl sites for hydroxylation is 1. The number of carbonyl (C=O) groups excluding carboxylic acids is 1. The minimum Gasteiger partial charge on any atom is -0.467 e. The lowest BCUT2D eigenvalue weighted by Gasteiger charge is -2.20. The van der Waals surface area contributed by atoms with E-state index in [2.05, 4.69) is 25.6 Å². The van der Waals surface area contributed by atoms with Crippen LogP contribution in [0.1, 0.15) is 39.7 Å². The molecule has 0 aliphatic carbocycles. The van der Waals surface area contributed by atoms with E-state index >= 15 is 0 Å². The van der Waals surface area contributed by atoms with E-state index in [4.69, 9.17) is 9.52 Å². The molecule has 9 nitrogen and oxygen atoms in total. The number of aromatic amines is 1. The molecule has 2 N–H and O–H groups in total. The van der Waals surface area contributed by atoms with E-state index < -0.39 is 22.0 Å². The van der Waals surface area contributed by atoms with Crippen molar-refractivity contribution in [3.63, 3.8) is 0 Å². The number of rotatable bonds is 7. The van der Waals surface area contributed by atoms with Crippen molar-refractivity contribution in [2.45, 2.75) is 24.3 Å². The number of hydrogen-bond acceptors (Lipinski definition) is 6. The van der Waals surface area contributed by atoms with Crippen LogP contribution in [-0.2, 0) is 10.0 Å². The Labute approximate surface area is 278 Å². The summed E-state index contributed by atoms with van der Waals surface area (Å²) in [5.74, 6) is 0.0800. The molecule has 47 heavy (non-hydrogen) atoms. The number of anilines is 1. The van der Waals surface area contributed by atoms with Crippen LogP contribution >= 0.6 is 15.9 Å². The molecule has 6 aromatic rings. The van der Waals surface area contributed by atoms with Gasteiger partial charge in [-0.2, -0.15) is 5.10 Å². The molecule has 1 amide bonds. The monoisotopic (exact) mass is 706 g/mol. The van der Waals surface area contributed by atoms with Gasteiger partial charge < -0.3 is 9.40 Å². The maximum atomic E-state index is 14.0. The van der Waals surface area contributed by atoms with Gasteiger partial charge in [0.25, 0.3) is 21.5 Å². The number of nitrogens with zero attached hydrogens (tertiary/aromatic N) is 2. The van der Waals surface area contributed by atoms with Crippen molar-refractivity contribution >= 4 is 54.2 Å². The number of carbonyl (C=O) groups is 1. The first kappa shape index (κ1) is 30.4. The molecule has 1 aliphatic heterocycles. The molecule has 1 atom stereocenters. The van der Waals surface area contributed by atoms with Crippen LogP contribution in [0.25, 0.3) is 22.0 Å². The van der Waals surface area contributed by atoms with Crippen LogP contribution in [0.5, 0.6) is 0 Å². The topological polar surface area (TPSA) is 125 Å². The number of H-pyrrole nitrogens is 1. The Hall–Kier alpha value is -5.26. The molecule has 0 spiro atoms. The molecule has 2 aromatic heterocycles. The minimum absolute atomic E-state index is 0.134. The van der Waals surface area contributed by atoms with Gasteiger partial charge in [-0.25, -0.2) is 13.4 Å². The summed E-state index contributed by atoms with van der Waals surface area (Å²) in [6.45, 7) is 1.88. The highest BCUT2D eigenvalue weighted by Gasteiger charge is 2.37. The third-order valence-corrected chi connectivity index (χ3v) is 9.92. The summed E-state index contributed by atoms with van der Waals surface area (Å²) in [4.78, 5) is 30.9. The standard InChI is InChI=1S/C36H27BrN4O5S/c1-22-9-16-27(17-10-22)47(44,45)40-26-14-11-24(12-15-26)36(43)41-31(32-8-5-19-46-32)21-30(39-41)34-33(23-6-3-2-4-7-23)28-20-25(37)13-18-29(28)38-35(34)42/h2-20,31,40H,21H2,1H3,(H,38,42)/t31-/m0/s1. The number of aromatic nitrogens is 1. The van der Waals surface area contributed by atoms with Gasteiger partial charge in [0.15, 0.2) is 0 Å². The fraction of sp³-hybridized carbons (Fsp3) is 0.0833. The number of furan rings is 1. The zero-order chi connectivity index (χ0) is 32.7. The Balaban J connectivity index is 1.27. The summed E-state index contributed by atoms with van der Waals surface area (Å²) >= 11 is 3.57. The molecule has 1 aliphatic rings. The third kappa shape index (κ3) is 5.91. The highest BCUT2D eigenvalue weighted by molar-refractivity contribution is 9.10. The second-order valence-electron chi connectivity index (χ2n) is 11.2. The van der Waals surface area contributed by atoms with Crippen molar-refractivity contribution < 1.29 is 17.6 Å². The number of fused-ring (bicyclic) bond motifs is 1. The van der Waals surface area contributed by atoms with Crippen LogP contribution in [0.4, 0.5) is 5.69 Å². The van der Waals surface area contributed by atoms with Crippen LogP contribution in [0.15, 0.2) is 139 Å². The van der Waals surface area contributed by atoms with Crippen molar-refractivity contribution in [3.8, 4) is 11.1 Å². The van der Waals surface area contributed by atoms with Gasteiger partial charge in [0, 0.05) is 38.6 Å². The van der Waals surface area contributed by atoms with E-state index in [0.29, 0.717) is 33.8 Å².